The van der Waals surface area contributed by atoms with Crippen molar-refractivity contribution in [3.05, 3.63) is 36.2 Å². The van der Waals surface area contributed by atoms with Crippen LogP contribution in [0.5, 0.6) is 5.75 Å². The Kier molecular flexibility index (Phi) is 2.18. The monoisotopic (exact) mass is 149 g/mol. The van der Waals surface area contributed by atoms with Crippen LogP contribution in [0.15, 0.2) is 18.2 Å². The lowest BCUT2D eigenvalue weighted by atomic mass is 9.98. The number of rotatable bonds is 1. The summed E-state index contributed by atoms with van der Waals surface area (Å²) in [5.74, 6) is 0.597. The van der Waals surface area contributed by atoms with Gasteiger partial charge in [0.2, 0.25) is 0 Å². The molecule has 0 saturated carbocycles. The molecule has 0 fully saturated rings. The van der Waals surface area contributed by atoms with Crippen LogP contribution in [0.25, 0.3) is 0 Å². The minimum Gasteiger partial charge on any atom is -0.508 e. The molecule has 1 N–H and O–H groups in total. The summed E-state index contributed by atoms with van der Waals surface area (Å²) in [6, 6.07) is 5.54. The van der Waals surface area contributed by atoms with E-state index in [1.807, 2.05) is 26.0 Å². The molecule has 0 aliphatic rings. The molecule has 1 radical (unpaired) electrons. The fraction of sp³-hybridized carbons (Fsp3) is 0.300. The van der Waals surface area contributed by atoms with Gasteiger partial charge in [0.1, 0.15) is 5.75 Å². The molecular weight excluding hydrogens is 136 g/mol. The molecule has 0 aromatic heterocycles. The first-order valence-corrected chi connectivity index (χ1v) is 3.74. The molecule has 0 bridgehead atoms. The van der Waals surface area contributed by atoms with Crippen molar-refractivity contribution < 1.29 is 5.11 Å². The average molecular weight is 149 g/mol. The molecule has 0 aliphatic carbocycles. The van der Waals surface area contributed by atoms with Crippen molar-refractivity contribution in [2.45, 2.75) is 19.8 Å². The third kappa shape index (κ3) is 1.53. The second-order valence-electron chi connectivity index (χ2n) is 2.89. The molecule has 1 unspecified atom stereocenters. The molecule has 0 saturated heterocycles. The van der Waals surface area contributed by atoms with Crippen LogP contribution in [-0.4, -0.2) is 5.11 Å². The maximum absolute atomic E-state index is 9.32. The fourth-order valence-electron chi connectivity index (χ4n) is 1.17. The highest BCUT2D eigenvalue weighted by atomic mass is 16.3. The Labute approximate surface area is 67.7 Å². The summed E-state index contributed by atoms with van der Waals surface area (Å²) in [5.41, 5.74) is 2.06. The number of phenolic OH excluding ortho intramolecular Hbond substituents is 1. The van der Waals surface area contributed by atoms with E-state index in [4.69, 9.17) is 0 Å². The van der Waals surface area contributed by atoms with Gasteiger partial charge in [0.05, 0.1) is 0 Å². The first kappa shape index (κ1) is 8.12. The Morgan fingerprint density at radius 1 is 1.45 bits per heavy atom. The van der Waals surface area contributed by atoms with Crippen LogP contribution in [0, 0.1) is 13.8 Å². The molecule has 1 nitrogen and oxygen atoms in total. The van der Waals surface area contributed by atoms with Gasteiger partial charge in [-0.05, 0) is 37.0 Å². The minimum absolute atomic E-state index is 0.238. The predicted molar refractivity (Wildman–Crippen MR) is 46.6 cm³/mol. The van der Waals surface area contributed by atoms with E-state index in [0.29, 0.717) is 5.75 Å². The van der Waals surface area contributed by atoms with Crippen molar-refractivity contribution >= 4 is 0 Å². The van der Waals surface area contributed by atoms with Crippen molar-refractivity contribution in [3.8, 4) is 5.75 Å². The van der Waals surface area contributed by atoms with Crippen LogP contribution in [0.2, 0.25) is 0 Å². The van der Waals surface area contributed by atoms with Gasteiger partial charge in [0.25, 0.3) is 0 Å². The highest BCUT2D eigenvalue weighted by molar-refractivity contribution is 5.39. The molecule has 0 heterocycles. The molecule has 1 rings (SSSR count). The van der Waals surface area contributed by atoms with Crippen LogP contribution >= 0.6 is 0 Å². The van der Waals surface area contributed by atoms with E-state index in [1.165, 1.54) is 0 Å². The third-order valence-corrected chi connectivity index (χ3v) is 1.88. The molecule has 59 valence electrons. The molecule has 1 aromatic carbocycles. The molecule has 0 aliphatic heterocycles. The largest absolute Gasteiger partial charge is 0.508 e. The van der Waals surface area contributed by atoms with E-state index in [0.717, 1.165) is 11.1 Å². The molecule has 1 heteroatoms. The lowest BCUT2D eigenvalue weighted by molar-refractivity contribution is 0.470. The number of aromatic hydroxyl groups is 1. The summed E-state index contributed by atoms with van der Waals surface area (Å²) in [6.45, 7) is 7.82. The van der Waals surface area contributed by atoms with Crippen molar-refractivity contribution in [1.82, 2.24) is 0 Å². The van der Waals surface area contributed by atoms with E-state index < -0.39 is 0 Å². The van der Waals surface area contributed by atoms with E-state index in [9.17, 15) is 5.11 Å². The van der Waals surface area contributed by atoms with Gasteiger partial charge in [-0.1, -0.05) is 19.1 Å². The zero-order valence-electron chi connectivity index (χ0n) is 6.96. The van der Waals surface area contributed by atoms with E-state index in [-0.39, 0.29) is 5.92 Å². The lowest BCUT2D eigenvalue weighted by Gasteiger charge is -2.09. The highest BCUT2D eigenvalue weighted by Gasteiger charge is 2.04. The van der Waals surface area contributed by atoms with Gasteiger partial charge in [0.15, 0.2) is 0 Å². The molecule has 0 amide bonds. The third-order valence-electron chi connectivity index (χ3n) is 1.88. The minimum atomic E-state index is 0.238. The Hall–Kier alpha value is -0.980. The van der Waals surface area contributed by atoms with Gasteiger partial charge in [0, 0.05) is 0 Å². The normalized spacial score (nSPS) is 10.5. The second-order valence-corrected chi connectivity index (χ2v) is 2.89. The summed E-state index contributed by atoms with van der Waals surface area (Å²) in [5, 5.41) is 9.32. The summed E-state index contributed by atoms with van der Waals surface area (Å²) >= 11 is 0. The molecule has 0 spiro atoms. The zero-order chi connectivity index (χ0) is 8.43. The molecule has 1 atom stereocenters. The smallest absolute Gasteiger partial charge is 0.118 e. The van der Waals surface area contributed by atoms with Gasteiger partial charge < -0.3 is 5.11 Å². The Morgan fingerprint density at radius 2 is 2.09 bits per heavy atom. The number of benzene rings is 1. The Balaban J connectivity index is 3.17. The standard InChI is InChI=1S/C10H13O/c1-7(2)9-5-4-6-10(11)8(9)3/h4-7,11H,1H2,2-3H3. The summed E-state index contributed by atoms with van der Waals surface area (Å²) in [4.78, 5) is 0. The first-order chi connectivity index (χ1) is 5.13. The molecule has 1 aromatic rings. The second kappa shape index (κ2) is 2.95. The van der Waals surface area contributed by atoms with Crippen molar-refractivity contribution in [3.63, 3.8) is 0 Å². The van der Waals surface area contributed by atoms with Crippen molar-refractivity contribution in [2.75, 3.05) is 0 Å². The SMILES string of the molecule is [CH2]C(C)c1cccc(O)c1C. The fourth-order valence-corrected chi connectivity index (χ4v) is 1.17. The zero-order valence-corrected chi connectivity index (χ0v) is 6.96. The molecule has 11 heavy (non-hydrogen) atoms. The summed E-state index contributed by atoms with van der Waals surface area (Å²) in [7, 11) is 0. The van der Waals surface area contributed by atoms with Crippen LogP contribution in [0.4, 0.5) is 0 Å². The lowest BCUT2D eigenvalue weighted by Crippen LogP contribution is -1.91. The van der Waals surface area contributed by atoms with Gasteiger partial charge in [-0.25, -0.2) is 0 Å². The predicted octanol–water partition coefficient (Wildman–Crippen LogP) is 2.64. The topological polar surface area (TPSA) is 20.2 Å². The Bertz CT molecular complexity index is 251. The Morgan fingerprint density at radius 3 is 2.55 bits per heavy atom. The van der Waals surface area contributed by atoms with Gasteiger partial charge in [-0.2, -0.15) is 0 Å². The number of hydrogen-bond donors (Lipinski definition) is 1. The van der Waals surface area contributed by atoms with E-state index >= 15 is 0 Å². The quantitative estimate of drug-likeness (QED) is 0.650. The summed E-state index contributed by atoms with van der Waals surface area (Å²) in [6.07, 6.45) is 0. The average Bonchev–Trinajstić information content (AvgIpc) is 1.94. The van der Waals surface area contributed by atoms with Gasteiger partial charge >= 0.3 is 0 Å². The summed E-state index contributed by atoms with van der Waals surface area (Å²) < 4.78 is 0. The van der Waals surface area contributed by atoms with Crippen LogP contribution in [0.1, 0.15) is 24.0 Å². The highest BCUT2D eigenvalue weighted by Crippen LogP contribution is 2.25. The molecular formula is C10H13O. The van der Waals surface area contributed by atoms with Gasteiger partial charge in [-0.15, -0.1) is 0 Å². The van der Waals surface area contributed by atoms with Crippen molar-refractivity contribution in [1.29, 1.82) is 0 Å². The van der Waals surface area contributed by atoms with Gasteiger partial charge in [-0.3, -0.25) is 0 Å². The van der Waals surface area contributed by atoms with E-state index in [2.05, 4.69) is 6.92 Å². The van der Waals surface area contributed by atoms with E-state index in [1.54, 1.807) is 6.07 Å². The maximum Gasteiger partial charge on any atom is 0.118 e. The van der Waals surface area contributed by atoms with Crippen molar-refractivity contribution in [2.24, 2.45) is 0 Å². The number of phenols is 1. The van der Waals surface area contributed by atoms with Crippen LogP contribution < -0.4 is 0 Å². The number of hydrogen-bond acceptors (Lipinski definition) is 1. The van der Waals surface area contributed by atoms with Crippen LogP contribution in [0.3, 0.4) is 0 Å². The van der Waals surface area contributed by atoms with Crippen LogP contribution in [-0.2, 0) is 0 Å². The first-order valence-electron chi connectivity index (χ1n) is 3.74. The maximum atomic E-state index is 9.32.